The van der Waals surface area contributed by atoms with E-state index in [9.17, 15) is 13.2 Å². The zero-order chi connectivity index (χ0) is 20.0. The molecule has 0 fully saturated rings. The molecule has 0 bridgehead atoms. The number of nitrogens with one attached hydrogen (secondary N) is 1. The van der Waals surface area contributed by atoms with Crippen LogP contribution < -0.4 is 9.62 Å². The zero-order valence-corrected chi connectivity index (χ0v) is 17.4. The molecule has 1 N–H and O–H groups in total. The minimum absolute atomic E-state index is 0.0594. The molecule has 0 unspecified atom stereocenters. The predicted octanol–water partition coefficient (Wildman–Crippen LogP) is 4.38. The third kappa shape index (κ3) is 3.96. The van der Waals surface area contributed by atoms with E-state index in [1.165, 1.54) is 6.07 Å². The summed E-state index contributed by atoms with van der Waals surface area (Å²) in [6.07, 6.45) is 0.697. The van der Waals surface area contributed by atoms with E-state index in [4.69, 9.17) is 11.6 Å². The van der Waals surface area contributed by atoms with E-state index in [1.807, 2.05) is 20.8 Å². The van der Waals surface area contributed by atoms with Gasteiger partial charge in [-0.15, -0.1) is 0 Å². The average molecular weight is 407 g/mol. The van der Waals surface area contributed by atoms with Crippen molar-refractivity contribution in [3.8, 4) is 0 Å². The minimum Gasteiger partial charge on any atom is -0.311 e. The van der Waals surface area contributed by atoms with Crippen LogP contribution in [-0.4, -0.2) is 20.9 Å². The standard InChI is InChI=1S/C20H23ClN2O3S/c1-13-5-6-15(21)12-18(13)27(25,26)22-16-7-8-17-14(11-16)9-10-23(17)19(24)20(2,3)4/h5-8,11-12,22H,9-10H2,1-4H3. The molecule has 0 saturated carbocycles. The number of hydrogen-bond donors (Lipinski definition) is 1. The van der Waals surface area contributed by atoms with Crippen LogP contribution in [0.25, 0.3) is 0 Å². The van der Waals surface area contributed by atoms with Gasteiger partial charge in [0, 0.05) is 28.4 Å². The Morgan fingerprint density at radius 1 is 1.15 bits per heavy atom. The lowest BCUT2D eigenvalue weighted by Gasteiger charge is -2.26. The molecule has 0 spiro atoms. The first-order valence-electron chi connectivity index (χ1n) is 8.73. The van der Waals surface area contributed by atoms with Crippen molar-refractivity contribution in [2.45, 2.75) is 39.0 Å². The van der Waals surface area contributed by atoms with E-state index in [0.717, 1.165) is 11.3 Å². The van der Waals surface area contributed by atoms with E-state index in [2.05, 4.69) is 4.72 Å². The van der Waals surface area contributed by atoms with Crippen LogP contribution in [0.3, 0.4) is 0 Å². The van der Waals surface area contributed by atoms with Crippen LogP contribution in [0.2, 0.25) is 5.02 Å². The fraction of sp³-hybridized carbons (Fsp3) is 0.350. The molecule has 7 heteroatoms. The first-order valence-corrected chi connectivity index (χ1v) is 10.6. The second-order valence-electron chi connectivity index (χ2n) is 7.82. The minimum atomic E-state index is -3.75. The molecule has 0 aliphatic carbocycles. The molecule has 0 saturated heterocycles. The largest absolute Gasteiger partial charge is 0.311 e. The highest BCUT2D eigenvalue weighted by Crippen LogP contribution is 2.34. The summed E-state index contributed by atoms with van der Waals surface area (Å²) in [5.74, 6) is 0.0594. The van der Waals surface area contributed by atoms with Crippen LogP contribution in [0, 0.1) is 12.3 Å². The number of carbonyl (C=O) groups is 1. The number of halogens is 1. The summed E-state index contributed by atoms with van der Waals surface area (Å²) >= 11 is 5.96. The van der Waals surface area contributed by atoms with Crippen LogP contribution in [0.1, 0.15) is 31.9 Å². The average Bonchev–Trinajstić information content (AvgIpc) is 2.98. The lowest BCUT2D eigenvalue weighted by Crippen LogP contribution is -2.38. The Hall–Kier alpha value is -2.05. The van der Waals surface area contributed by atoms with Crippen molar-refractivity contribution in [1.82, 2.24) is 0 Å². The number of hydrogen-bond acceptors (Lipinski definition) is 3. The van der Waals surface area contributed by atoms with Crippen LogP contribution in [0.5, 0.6) is 0 Å². The van der Waals surface area contributed by atoms with E-state index in [1.54, 1.807) is 42.2 Å². The maximum atomic E-state index is 12.7. The van der Waals surface area contributed by atoms with Crippen LogP contribution in [0.15, 0.2) is 41.3 Å². The predicted molar refractivity (Wildman–Crippen MR) is 109 cm³/mol. The van der Waals surface area contributed by atoms with Gasteiger partial charge in [0.2, 0.25) is 5.91 Å². The molecule has 2 aromatic carbocycles. The highest BCUT2D eigenvalue weighted by molar-refractivity contribution is 7.92. The third-order valence-corrected chi connectivity index (χ3v) is 6.31. The second kappa shape index (κ2) is 6.84. The summed E-state index contributed by atoms with van der Waals surface area (Å²) in [5.41, 5.74) is 2.42. The van der Waals surface area contributed by atoms with Gasteiger partial charge < -0.3 is 4.90 Å². The maximum absolute atomic E-state index is 12.7. The molecular formula is C20H23ClN2O3S. The summed E-state index contributed by atoms with van der Waals surface area (Å²) in [5, 5.41) is 0.367. The van der Waals surface area contributed by atoms with Crippen molar-refractivity contribution in [2.24, 2.45) is 5.41 Å². The van der Waals surface area contributed by atoms with Crippen LogP contribution in [0.4, 0.5) is 11.4 Å². The number of aryl methyl sites for hydroxylation is 1. The Kier molecular flexibility index (Phi) is 4.99. The van der Waals surface area contributed by atoms with Crippen LogP contribution in [-0.2, 0) is 21.2 Å². The van der Waals surface area contributed by atoms with Gasteiger partial charge in [-0.3, -0.25) is 9.52 Å². The fourth-order valence-corrected chi connectivity index (χ4v) is 4.71. The van der Waals surface area contributed by atoms with Crippen molar-refractivity contribution in [3.63, 3.8) is 0 Å². The lowest BCUT2D eigenvalue weighted by molar-refractivity contribution is -0.125. The van der Waals surface area contributed by atoms with Gasteiger partial charge in [-0.1, -0.05) is 38.4 Å². The SMILES string of the molecule is Cc1ccc(Cl)cc1S(=O)(=O)Nc1ccc2c(c1)CCN2C(=O)C(C)(C)C. The number of nitrogens with zero attached hydrogens (tertiary/aromatic N) is 1. The molecule has 3 rings (SSSR count). The van der Waals surface area contributed by atoms with Gasteiger partial charge in [0.25, 0.3) is 10.0 Å². The number of amides is 1. The first kappa shape index (κ1) is 19.7. The van der Waals surface area contributed by atoms with Gasteiger partial charge >= 0.3 is 0 Å². The quantitative estimate of drug-likeness (QED) is 0.822. The Bertz CT molecular complexity index is 1010. The molecule has 1 amide bonds. The van der Waals surface area contributed by atoms with Crippen molar-refractivity contribution in [3.05, 3.63) is 52.5 Å². The smallest absolute Gasteiger partial charge is 0.262 e. The van der Waals surface area contributed by atoms with Gasteiger partial charge in [0.15, 0.2) is 0 Å². The number of fused-ring (bicyclic) bond motifs is 1. The molecular weight excluding hydrogens is 384 g/mol. The molecule has 144 valence electrons. The molecule has 27 heavy (non-hydrogen) atoms. The summed E-state index contributed by atoms with van der Waals surface area (Å²) in [7, 11) is -3.75. The van der Waals surface area contributed by atoms with Crippen molar-refractivity contribution >= 4 is 38.9 Å². The number of anilines is 2. The topological polar surface area (TPSA) is 66.5 Å². The Labute approximate surface area is 165 Å². The van der Waals surface area contributed by atoms with Gasteiger partial charge in [-0.05, 0) is 54.8 Å². The van der Waals surface area contributed by atoms with E-state index < -0.39 is 15.4 Å². The monoisotopic (exact) mass is 406 g/mol. The zero-order valence-electron chi connectivity index (χ0n) is 15.8. The number of rotatable bonds is 3. The molecule has 5 nitrogen and oxygen atoms in total. The second-order valence-corrected chi connectivity index (χ2v) is 9.90. The first-order chi connectivity index (χ1) is 12.5. The summed E-state index contributed by atoms with van der Waals surface area (Å²) in [6, 6.07) is 10.1. The molecule has 2 aromatic rings. The Morgan fingerprint density at radius 3 is 2.52 bits per heavy atom. The fourth-order valence-electron chi connectivity index (χ4n) is 3.15. The van der Waals surface area contributed by atoms with Crippen molar-refractivity contribution in [2.75, 3.05) is 16.2 Å². The molecule has 1 heterocycles. The molecule has 0 atom stereocenters. The highest BCUT2D eigenvalue weighted by Gasteiger charge is 2.32. The van der Waals surface area contributed by atoms with Gasteiger partial charge in [-0.25, -0.2) is 8.42 Å². The number of benzene rings is 2. The number of sulfonamides is 1. The highest BCUT2D eigenvalue weighted by atomic mass is 35.5. The maximum Gasteiger partial charge on any atom is 0.262 e. The molecule has 0 aromatic heterocycles. The third-order valence-electron chi connectivity index (χ3n) is 4.55. The molecule has 1 aliphatic rings. The van der Waals surface area contributed by atoms with E-state index in [-0.39, 0.29) is 10.8 Å². The van der Waals surface area contributed by atoms with Gasteiger partial charge in [-0.2, -0.15) is 0 Å². The Balaban J connectivity index is 1.89. The molecule has 1 aliphatic heterocycles. The van der Waals surface area contributed by atoms with E-state index >= 15 is 0 Å². The van der Waals surface area contributed by atoms with E-state index in [0.29, 0.717) is 29.2 Å². The van der Waals surface area contributed by atoms with Crippen LogP contribution >= 0.6 is 11.6 Å². The van der Waals surface area contributed by atoms with Crippen molar-refractivity contribution < 1.29 is 13.2 Å². The molecule has 0 radical (unpaired) electrons. The van der Waals surface area contributed by atoms with Gasteiger partial charge in [0.05, 0.1) is 4.90 Å². The number of carbonyl (C=O) groups excluding carboxylic acids is 1. The summed E-state index contributed by atoms with van der Waals surface area (Å²) in [6.45, 7) is 8.01. The lowest BCUT2D eigenvalue weighted by atomic mass is 9.94. The van der Waals surface area contributed by atoms with Gasteiger partial charge in [0.1, 0.15) is 0 Å². The Morgan fingerprint density at radius 2 is 1.85 bits per heavy atom. The van der Waals surface area contributed by atoms with Crippen molar-refractivity contribution in [1.29, 1.82) is 0 Å². The summed E-state index contributed by atoms with van der Waals surface area (Å²) in [4.78, 5) is 14.5. The summed E-state index contributed by atoms with van der Waals surface area (Å²) < 4.78 is 28.1. The normalized spacial score (nSPS) is 14.2.